The van der Waals surface area contributed by atoms with Crippen molar-refractivity contribution in [2.45, 2.75) is 40.0 Å². The molecule has 0 heterocycles. The average Bonchev–Trinajstić information content (AvgIpc) is 2.44. The third kappa shape index (κ3) is 6.37. The van der Waals surface area contributed by atoms with Crippen LogP contribution in [0, 0.1) is 0 Å². The Bertz CT molecular complexity index is 469. The Morgan fingerprint density at radius 1 is 1.10 bits per heavy atom. The Balaban J connectivity index is 2.29. The second-order valence-electron chi connectivity index (χ2n) is 4.85. The van der Waals surface area contributed by atoms with E-state index in [1.54, 1.807) is 0 Å². The number of carbonyl (C=O) groups excluding carboxylic acids is 1. The smallest absolute Gasteiger partial charge is 0.310 e. The summed E-state index contributed by atoms with van der Waals surface area (Å²) < 4.78 is 5.23. The lowest BCUT2D eigenvalue weighted by Gasteiger charge is -2.04. The molecule has 1 rings (SSSR count). The summed E-state index contributed by atoms with van der Waals surface area (Å²) in [5.74, 6) is -0.164. The summed E-state index contributed by atoms with van der Waals surface area (Å²) >= 11 is 0. The first-order valence-corrected chi connectivity index (χ1v) is 7.17. The van der Waals surface area contributed by atoms with Crippen molar-refractivity contribution in [1.82, 2.24) is 0 Å². The fourth-order valence-electron chi connectivity index (χ4n) is 1.89. The van der Waals surface area contributed by atoms with Gasteiger partial charge in [-0.1, -0.05) is 60.6 Å². The number of rotatable bonds is 7. The molecule has 0 fully saturated rings. The van der Waals surface area contributed by atoms with Crippen molar-refractivity contribution < 1.29 is 9.53 Å². The fraction of sp³-hybridized carbons (Fsp3) is 0.389. The molecular formula is C18H24O2. The highest BCUT2D eigenvalue weighted by Crippen LogP contribution is 2.10. The van der Waals surface area contributed by atoms with E-state index in [4.69, 9.17) is 4.74 Å². The van der Waals surface area contributed by atoms with Crippen LogP contribution in [0.15, 0.2) is 53.6 Å². The van der Waals surface area contributed by atoms with Crippen molar-refractivity contribution in [2.75, 3.05) is 6.61 Å². The molecule has 0 saturated carbocycles. The predicted molar refractivity (Wildman–Crippen MR) is 83.5 cm³/mol. The van der Waals surface area contributed by atoms with E-state index < -0.39 is 0 Å². The van der Waals surface area contributed by atoms with Crippen molar-refractivity contribution in [3.63, 3.8) is 0 Å². The molecular weight excluding hydrogens is 248 g/mol. The van der Waals surface area contributed by atoms with Crippen LogP contribution in [0.1, 0.15) is 39.2 Å². The average molecular weight is 272 g/mol. The Morgan fingerprint density at radius 3 is 2.40 bits per heavy atom. The Labute approximate surface area is 122 Å². The summed E-state index contributed by atoms with van der Waals surface area (Å²) in [6, 6.07) is 9.66. The Hall–Kier alpha value is -1.83. The SMILES string of the molecule is CC/C=C(C)/C(C)=C/CCOC(=O)Cc1ccccc1. The molecule has 0 N–H and O–H groups in total. The molecule has 20 heavy (non-hydrogen) atoms. The van der Waals surface area contributed by atoms with E-state index in [0.717, 1.165) is 18.4 Å². The molecule has 108 valence electrons. The normalized spacial score (nSPS) is 12.3. The van der Waals surface area contributed by atoms with Crippen molar-refractivity contribution in [1.29, 1.82) is 0 Å². The van der Waals surface area contributed by atoms with E-state index >= 15 is 0 Å². The lowest BCUT2D eigenvalue weighted by atomic mass is 10.1. The minimum Gasteiger partial charge on any atom is -0.465 e. The van der Waals surface area contributed by atoms with Gasteiger partial charge in [0, 0.05) is 6.42 Å². The molecule has 0 aliphatic carbocycles. The van der Waals surface area contributed by atoms with Gasteiger partial charge in [0.05, 0.1) is 13.0 Å². The summed E-state index contributed by atoms with van der Waals surface area (Å²) in [5, 5.41) is 0. The van der Waals surface area contributed by atoms with Crippen LogP contribution in [0.2, 0.25) is 0 Å². The summed E-state index contributed by atoms with van der Waals surface area (Å²) in [5.41, 5.74) is 3.54. The van der Waals surface area contributed by atoms with Crippen molar-refractivity contribution >= 4 is 5.97 Å². The molecule has 0 radical (unpaired) electrons. The van der Waals surface area contributed by atoms with E-state index in [-0.39, 0.29) is 5.97 Å². The minimum absolute atomic E-state index is 0.164. The van der Waals surface area contributed by atoms with Crippen molar-refractivity contribution in [2.24, 2.45) is 0 Å². The molecule has 0 atom stereocenters. The van der Waals surface area contributed by atoms with Crippen LogP contribution in [0.25, 0.3) is 0 Å². The monoisotopic (exact) mass is 272 g/mol. The van der Waals surface area contributed by atoms with E-state index in [1.165, 1.54) is 11.1 Å². The summed E-state index contributed by atoms with van der Waals surface area (Å²) in [7, 11) is 0. The van der Waals surface area contributed by atoms with Crippen LogP contribution < -0.4 is 0 Å². The zero-order chi connectivity index (χ0) is 14.8. The summed E-state index contributed by atoms with van der Waals surface area (Å²) in [4.78, 5) is 11.6. The van der Waals surface area contributed by atoms with Gasteiger partial charge in [-0.25, -0.2) is 0 Å². The molecule has 0 aliphatic rings. The topological polar surface area (TPSA) is 26.3 Å². The Morgan fingerprint density at radius 2 is 1.75 bits per heavy atom. The third-order valence-electron chi connectivity index (χ3n) is 3.16. The van der Waals surface area contributed by atoms with E-state index in [9.17, 15) is 4.79 Å². The van der Waals surface area contributed by atoms with Crippen molar-refractivity contribution in [3.05, 3.63) is 59.2 Å². The first-order valence-electron chi connectivity index (χ1n) is 7.17. The zero-order valence-corrected chi connectivity index (χ0v) is 12.7. The molecule has 0 aliphatic heterocycles. The number of hydrogen-bond donors (Lipinski definition) is 0. The van der Waals surface area contributed by atoms with Crippen LogP contribution in [0.4, 0.5) is 0 Å². The molecule has 0 saturated heterocycles. The molecule has 1 aromatic carbocycles. The minimum atomic E-state index is -0.164. The quantitative estimate of drug-likeness (QED) is 0.416. The molecule has 0 aromatic heterocycles. The largest absolute Gasteiger partial charge is 0.465 e. The highest BCUT2D eigenvalue weighted by atomic mass is 16.5. The third-order valence-corrected chi connectivity index (χ3v) is 3.16. The second kappa shape index (κ2) is 9.13. The molecule has 1 aromatic rings. The highest BCUT2D eigenvalue weighted by Gasteiger charge is 2.03. The molecule has 0 amide bonds. The van der Waals surface area contributed by atoms with Gasteiger partial charge >= 0.3 is 5.97 Å². The lowest BCUT2D eigenvalue weighted by molar-refractivity contribution is -0.142. The molecule has 2 heteroatoms. The van der Waals surface area contributed by atoms with Gasteiger partial charge in [0.1, 0.15) is 0 Å². The van der Waals surface area contributed by atoms with Gasteiger partial charge in [-0.15, -0.1) is 0 Å². The molecule has 0 unspecified atom stereocenters. The first-order chi connectivity index (χ1) is 9.63. The van der Waals surface area contributed by atoms with Crippen LogP contribution in [-0.4, -0.2) is 12.6 Å². The molecule has 0 spiro atoms. The predicted octanol–water partition coefficient (Wildman–Crippen LogP) is 4.47. The lowest BCUT2D eigenvalue weighted by Crippen LogP contribution is -2.08. The van der Waals surface area contributed by atoms with Crippen LogP contribution >= 0.6 is 0 Å². The van der Waals surface area contributed by atoms with E-state index in [0.29, 0.717) is 13.0 Å². The zero-order valence-electron chi connectivity index (χ0n) is 12.7. The van der Waals surface area contributed by atoms with Crippen LogP contribution in [-0.2, 0) is 16.0 Å². The maximum absolute atomic E-state index is 11.6. The second-order valence-corrected chi connectivity index (χ2v) is 4.85. The maximum Gasteiger partial charge on any atom is 0.310 e. The number of benzene rings is 1. The number of allylic oxidation sites excluding steroid dienone is 3. The van der Waals surface area contributed by atoms with Gasteiger partial charge in [-0.05, 0) is 25.8 Å². The van der Waals surface area contributed by atoms with Crippen molar-refractivity contribution in [3.8, 4) is 0 Å². The fourth-order valence-corrected chi connectivity index (χ4v) is 1.89. The van der Waals surface area contributed by atoms with Gasteiger partial charge < -0.3 is 4.74 Å². The van der Waals surface area contributed by atoms with Crippen LogP contribution in [0.5, 0.6) is 0 Å². The van der Waals surface area contributed by atoms with Crippen LogP contribution in [0.3, 0.4) is 0 Å². The number of hydrogen-bond acceptors (Lipinski definition) is 2. The summed E-state index contributed by atoms with van der Waals surface area (Å²) in [6.07, 6.45) is 6.48. The first kappa shape index (κ1) is 16.2. The maximum atomic E-state index is 11.6. The molecule has 0 bridgehead atoms. The Kier molecular flexibility index (Phi) is 7.41. The molecule has 2 nitrogen and oxygen atoms in total. The van der Waals surface area contributed by atoms with Gasteiger partial charge in [-0.2, -0.15) is 0 Å². The van der Waals surface area contributed by atoms with Gasteiger partial charge in [0.25, 0.3) is 0 Å². The van der Waals surface area contributed by atoms with Gasteiger partial charge in [0.2, 0.25) is 0 Å². The number of esters is 1. The standard InChI is InChI=1S/C18H24O2/c1-4-9-15(2)16(3)10-8-13-20-18(19)14-17-11-6-5-7-12-17/h5-7,9-12H,4,8,13-14H2,1-3H3/b15-9+,16-10+. The number of carbonyl (C=O) groups is 1. The van der Waals surface area contributed by atoms with E-state index in [1.807, 2.05) is 30.3 Å². The number of ether oxygens (including phenoxy) is 1. The highest BCUT2D eigenvalue weighted by molar-refractivity contribution is 5.72. The summed E-state index contributed by atoms with van der Waals surface area (Å²) in [6.45, 7) is 6.77. The van der Waals surface area contributed by atoms with Gasteiger partial charge in [0.15, 0.2) is 0 Å². The van der Waals surface area contributed by atoms with Gasteiger partial charge in [-0.3, -0.25) is 4.79 Å². The van der Waals surface area contributed by atoms with E-state index in [2.05, 4.69) is 32.9 Å².